The smallest absolute Gasteiger partial charge is 0.0635 e. The van der Waals surface area contributed by atoms with Gasteiger partial charge in [0, 0.05) is 12.6 Å². The van der Waals surface area contributed by atoms with Gasteiger partial charge in [0.25, 0.3) is 0 Å². The van der Waals surface area contributed by atoms with Crippen LogP contribution in [0.2, 0.25) is 0 Å². The van der Waals surface area contributed by atoms with E-state index in [1.54, 1.807) is 0 Å². The van der Waals surface area contributed by atoms with Crippen LogP contribution in [0.4, 0.5) is 0 Å². The number of aromatic nitrogens is 2. The maximum absolute atomic E-state index is 6.21. The predicted octanol–water partition coefficient (Wildman–Crippen LogP) is 3.30. The summed E-state index contributed by atoms with van der Waals surface area (Å²) in [5.41, 5.74) is 8.62. The molecule has 1 aromatic carbocycles. The molecule has 0 aliphatic heterocycles. The van der Waals surface area contributed by atoms with E-state index in [1.165, 1.54) is 11.3 Å². The molecule has 1 heterocycles. The summed E-state index contributed by atoms with van der Waals surface area (Å²) in [6.45, 7) is 2.99. The number of hydrogen-bond donors (Lipinski definition) is 1. The number of halogens is 1. The molecular weight excluding hydrogens is 290 g/mol. The average molecular weight is 308 g/mol. The third-order valence-corrected chi connectivity index (χ3v) is 3.78. The highest BCUT2D eigenvalue weighted by Gasteiger charge is 2.11. The number of hydrogen-bond acceptors (Lipinski definition) is 2. The molecule has 96 valence electrons. The first-order chi connectivity index (χ1) is 8.72. The summed E-state index contributed by atoms with van der Waals surface area (Å²) in [5, 5.41) is 4.31. The molecule has 1 unspecified atom stereocenters. The topological polar surface area (TPSA) is 43.8 Å². The van der Waals surface area contributed by atoms with E-state index in [2.05, 4.69) is 40.1 Å². The molecule has 1 aromatic heterocycles. The minimum absolute atomic E-state index is 0.0818. The highest BCUT2D eigenvalue weighted by atomic mass is 79.9. The Bertz CT molecular complexity index is 493. The van der Waals surface area contributed by atoms with Crippen molar-refractivity contribution >= 4 is 15.9 Å². The second kappa shape index (κ2) is 6.16. The second-order valence-electron chi connectivity index (χ2n) is 4.31. The molecule has 0 fully saturated rings. The quantitative estimate of drug-likeness (QED) is 0.921. The molecule has 4 heteroatoms. The Morgan fingerprint density at radius 2 is 2.06 bits per heavy atom. The van der Waals surface area contributed by atoms with Gasteiger partial charge in [0.2, 0.25) is 0 Å². The molecule has 2 rings (SSSR count). The highest BCUT2D eigenvalue weighted by Crippen LogP contribution is 2.21. The summed E-state index contributed by atoms with van der Waals surface area (Å²) < 4.78 is 3.09. The van der Waals surface area contributed by atoms with Gasteiger partial charge in [-0.25, -0.2) is 0 Å². The van der Waals surface area contributed by atoms with Crippen LogP contribution in [0.3, 0.4) is 0 Å². The molecule has 3 nitrogen and oxygen atoms in total. The minimum Gasteiger partial charge on any atom is -0.324 e. The van der Waals surface area contributed by atoms with Gasteiger partial charge in [-0.1, -0.05) is 30.3 Å². The Hall–Kier alpha value is -1.13. The number of rotatable bonds is 5. The number of nitrogens with zero attached hydrogens (tertiary/aromatic N) is 2. The molecule has 2 N–H and O–H groups in total. The number of benzene rings is 1. The Morgan fingerprint density at radius 3 is 2.72 bits per heavy atom. The molecule has 0 amide bonds. The van der Waals surface area contributed by atoms with E-state index in [9.17, 15) is 0 Å². The normalized spacial score (nSPS) is 12.6. The fraction of sp³-hybridized carbons (Fsp3) is 0.357. The van der Waals surface area contributed by atoms with Crippen molar-refractivity contribution in [2.75, 3.05) is 0 Å². The standard InChI is InChI=1S/C14H18BrN3/c1-2-18-14(12(15)10-17-18)9-8-13(16)11-6-4-3-5-7-11/h3-7,10,13H,2,8-9,16H2,1H3. The number of aryl methyl sites for hydroxylation is 1. The molecule has 0 saturated carbocycles. The van der Waals surface area contributed by atoms with Crippen molar-refractivity contribution in [1.82, 2.24) is 9.78 Å². The van der Waals surface area contributed by atoms with Gasteiger partial charge < -0.3 is 5.73 Å². The van der Waals surface area contributed by atoms with Gasteiger partial charge in [-0.05, 0) is 41.3 Å². The molecule has 1 atom stereocenters. The Balaban J connectivity index is 2.01. The van der Waals surface area contributed by atoms with Crippen LogP contribution in [0.15, 0.2) is 41.0 Å². The summed E-state index contributed by atoms with van der Waals surface area (Å²) in [4.78, 5) is 0. The van der Waals surface area contributed by atoms with Gasteiger partial charge in [0.1, 0.15) is 0 Å². The van der Waals surface area contributed by atoms with E-state index in [0.717, 1.165) is 23.9 Å². The van der Waals surface area contributed by atoms with E-state index < -0.39 is 0 Å². The summed E-state index contributed by atoms with van der Waals surface area (Å²) in [5.74, 6) is 0. The average Bonchev–Trinajstić information content (AvgIpc) is 2.77. The third kappa shape index (κ3) is 3.00. The fourth-order valence-electron chi connectivity index (χ4n) is 2.07. The predicted molar refractivity (Wildman–Crippen MR) is 77.3 cm³/mol. The molecular formula is C14H18BrN3. The van der Waals surface area contributed by atoms with Crippen LogP contribution < -0.4 is 5.73 Å². The minimum atomic E-state index is 0.0818. The van der Waals surface area contributed by atoms with Crippen LogP contribution in [0.25, 0.3) is 0 Å². The maximum atomic E-state index is 6.21. The monoisotopic (exact) mass is 307 g/mol. The zero-order chi connectivity index (χ0) is 13.0. The van der Waals surface area contributed by atoms with Gasteiger partial charge in [0.15, 0.2) is 0 Å². The van der Waals surface area contributed by atoms with Crippen LogP contribution in [-0.4, -0.2) is 9.78 Å². The van der Waals surface area contributed by atoms with Crippen molar-refractivity contribution < 1.29 is 0 Å². The summed E-state index contributed by atoms with van der Waals surface area (Å²) in [7, 11) is 0. The third-order valence-electron chi connectivity index (χ3n) is 3.12. The lowest BCUT2D eigenvalue weighted by atomic mass is 10.0. The van der Waals surface area contributed by atoms with E-state index in [-0.39, 0.29) is 6.04 Å². The largest absolute Gasteiger partial charge is 0.324 e. The number of nitrogens with two attached hydrogens (primary N) is 1. The van der Waals surface area contributed by atoms with Crippen molar-refractivity contribution in [3.05, 3.63) is 52.3 Å². The lowest BCUT2D eigenvalue weighted by Crippen LogP contribution is -2.13. The van der Waals surface area contributed by atoms with Gasteiger partial charge in [-0.2, -0.15) is 5.10 Å². The summed E-state index contributed by atoms with van der Waals surface area (Å²) in [6.07, 6.45) is 3.71. The van der Waals surface area contributed by atoms with Crippen LogP contribution in [0, 0.1) is 0 Å². The van der Waals surface area contributed by atoms with Crippen LogP contribution in [0.1, 0.15) is 30.6 Å². The lowest BCUT2D eigenvalue weighted by Gasteiger charge is -2.12. The van der Waals surface area contributed by atoms with Gasteiger partial charge >= 0.3 is 0 Å². The van der Waals surface area contributed by atoms with E-state index >= 15 is 0 Å². The van der Waals surface area contributed by atoms with E-state index in [0.29, 0.717) is 0 Å². The molecule has 18 heavy (non-hydrogen) atoms. The molecule has 0 radical (unpaired) electrons. The summed E-state index contributed by atoms with van der Waals surface area (Å²) in [6, 6.07) is 10.3. The molecule has 0 aliphatic carbocycles. The Labute approximate surface area is 116 Å². The Morgan fingerprint density at radius 1 is 1.33 bits per heavy atom. The zero-order valence-electron chi connectivity index (χ0n) is 10.5. The SMILES string of the molecule is CCn1ncc(Br)c1CCC(N)c1ccccc1. The van der Waals surface area contributed by atoms with Crippen molar-refractivity contribution in [3.63, 3.8) is 0 Å². The first-order valence-electron chi connectivity index (χ1n) is 6.23. The lowest BCUT2D eigenvalue weighted by molar-refractivity contribution is 0.579. The van der Waals surface area contributed by atoms with Crippen LogP contribution in [-0.2, 0) is 13.0 Å². The van der Waals surface area contributed by atoms with Crippen molar-refractivity contribution in [2.24, 2.45) is 5.73 Å². The molecule has 0 aliphatic rings. The van der Waals surface area contributed by atoms with Gasteiger partial charge in [-0.15, -0.1) is 0 Å². The van der Waals surface area contributed by atoms with Crippen molar-refractivity contribution in [3.8, 4) is 0 Å². The first kappa shape index (κ1) is 13.3. The molecule has 0 saturated heterocycles. The van der Waals surface area contributed by atoms with Crippen LogP contribution >= 0.6 is 15.9 Å². The highest BCUT2D eigenvalue weighted by molar-refractivity contribution is 9.10. The maximum Gasteiger partial charge on any atom is 0.0635 e. The summed E-state index contributed by atoms with van der Waals surface area (Å²) >= 11 is 3.54. The molecule has 0 bridgehead atoms. The van der Waals surface area contributed by atoms with E-state index in [1.807, 2.05) is 29.1 Å². The van der Waals surface area contributed by atoms with Crippen molar-refractivity contribution in [2.45, 2.75) is 32.4 Å². The van der Waals surface area contributed by atoms with Crippen molar-refractivity contribution in [1.29, 1.82) is 0 Å². The van der Waals surface area contributed by atoms with Gasteiger partial charge in [0.05, 0.1) is 16.4 Å². The molecule has 2 aromatic rings. The Kier molecular flexibility index (Phi) is 4.55. The van der Waals surface area contributed by atoms with E-state index in [4.69, 9.17) is 5.73 Å². The van der Waals surface area contributed by atoms with Gasteiger partial charge in [-0.3, -0.25) is 4.68 Å². The first-order valence-corrected chi connectivity index (χ1v) is 7.02. The molecule has 0 spiro atoms. The zero-order valence-corrected chi connectivity index (χ0v) is 12.1. The van der Waals surface area contributed by atoms with Crippen LogP contribution in [0.5, 0.6) is 0 Å². The fourth-order valence-corrected chi connectivity index (χ4v) is 2.56. The second-order valence-corrected chi connectivity index (χ2v) is 5.17.